The highest BCUT2D eigenvalue weighted by molar-refractivity contribution is 7.89. The second-order valence-corrected chi connectivity index (χ2v) is 8.06. The first-order valence-electron chi connectivity index (χ1n) is 7.60. The number of carbonyl (C=O) groups excluding carboxylic acids is 1. The van der Waals surface area contributed by atoms with E-state index in [2.05, 4.69) is 5.32 Å². The van der Waals surface area contributed by atoms with Gasteiger partial charge in [0, 0.05) is 11.6 Å². The molecule has 0 unspecified atom stereocenters. The Morgan fingerprint density at radius 2 is 2.00 bits per heavy atom. The summed E-state index contributed by atoms with van der Waals surface area (Å²) < 4.78 is 22.9. The summed E-state index contributed by atoms with van der Waals surface area (Å²) in [7, 11) is -1.91. The zero-order valence-corrected chi connectivity index (χ0v) is 15.3. The van der Waals surface area contributed by atoms with Gasteiger partial charge < -0.3 is 5.32 Å². The van der Waals surface area contributed by atoms with Gasteiger partial charge in [-0.3, -0.25) is 9.69 Å². The van der Waals surface area contributed by atoms with Gasteiger partial charge in [-0.25, -0.2) is 13.6 Å². The number of primary sulfonamides is 1. The molecule has 0 spiro atoms. The number of nitrogens with zero attached hydrogens (tertiary/aromatic N) is 1. The number of sulfonamides is 1. The fourth-order valence-corrected chi connectivity index (χ4v) is 2.64. The molecular formula is C16H27N3O3S. The molecule has 0 aliphatic rings. The van der Waals surface area contributed by atoms with Gasteiger partial charge in [-0.05, 0) is 51.9 Å². The molecule has 1 aromatic rings. The van der Waals surface area contributed by atoms with Crippen LogP contribution in [0.25, 0.3) is 0 Å². The molecule has 0 aromatic heterocycles. The highest BCUT2D eigenvalue weighted by atomic mass is 32.2. The van der Waals surface area contributed by atoms with Crippen LogP contribution in [0, 0.1) is 0 Å². The Morgan fingerprint density at radius 3 is 2.52 bits per heavy atom. The van der Waals surface area contributed by atoms with Crippen LogP contribution >= 0.6 is 0 Å². The van der Waals surface area contributed by atoms with E-state index in [1.54, 1.807) is 12.1 Å². The molecule has 23 heavy (non-hydrogen) atoms. The zero-order chi connectivity index (χ0) is 17.8. The molecule has 1 aromatic carbocycles. The van der Waals surface area contributed by atoms with Gasteiger partial charge in [0.25, 0.3) is 0 Å². The third-order valence-corrected chi connectivity index (χ3v) is 5.00. The van der Waals surface area contributed by atoms with Crippen LogP contribution in [-0.4, -0.2) is 38.4 Å². The number of amides is 1. The Bertz CT molecular complexity index is 656. The predicted molar refractivity (Wildman–Crippen MR) is 91.4 cm³/mol. The van der Waals surface area contributed by atoms with Crippen LogP contribution in [0.4, 0.5) is 0 Å². The quantitative estimate of drug-likeness (QED) is 0.788. The highest BCUT2D eigenvalue weighted by Gasteiger charge is 2.21. The van der Waals surface area contributed by atoms with Crippen LogP contribution < -0.4 is 10.5 Å². The first kappa shape index (κ1) is 19.6. The van der Waals surface area contributed by atoms with Crippen molar-refractivity contribution in [1.29, 1.82) is 0 Å². The number of nitrogens with one attached hydrogen (secondary N) is 1. The number of carbonyl (C=O) groups is 1. The van der Waals surface area contributed by atoms with Gasteiger partial charge in [-0.2, -0.15) is 0 Å². The molecule has 0 saturated heterocycles. The maximum absolute atomic E-state index is 12.1. The van der Waals surface area contributed by atoms with Crippen LogP contribution in [0.5, 0.6) is 0 Å². The van der Waals surface area contributed by atoms with Crippen molar-refractivity contribution in [2.24, 2.45) is 5.14 Å². The molecule has 7 heteroatoms. The first-order chi connectivity index (χ1) is 10.5. The average Bonchev–Trinajstić information content (AvgIpc) is 2.45. The summed E-state index contributed by atoms with van der Waals surface area (Å²) in [4.78, 5) is 14.1. The van der Waals surface area contributed by atoms with E-state index in [4.69, 9.17) is 5.14 Å². The lowest BCUT2D eigenvalue weighted by Crippen LogP contribution is -2.47. The van der Waals surface area contributed by atoms with Gasteiger partial charge in [0.05, 0.1) is 11.4 Å². The Hall–Kier alpha value is -1.44. The van der Waals surface area contributed by atoms with Crippen LogP contribution in [0.15, 0.2) is 29.2 Å². The summed E-state index contributed by atoms with van der Waals surface area (Å²) in [6.07, 6.45) is 0.842. The summed E-state index contributed by atoms with van der Waals surface area (Å²) in [5.41, 5.74) is 0.552. The van der Waals surface area contributed by atoms with Crippen molar-refractivity contribution in [1.82, 2.24) is 10.2 Å². The van der Waals surface area contributed by atoms with Gasteiger partial charge in [0.15, 0.2) is 0 Å². The summed E-state index contributed by atoms with van der Waals surface area (Å²) >= 11 is 0. The van der Waals surface area contributed by atoms with Crippen LogP contribution in [0.1, 0.15) is 45.7 Å². The van der Waals surface area contributed by atoms with E-state index >= 15 is 0 Å². The Kier molecular flexibility index (Phi) is 6.33. The minimum Gasteiger partial charge on any atom is -0.350 e. The number of hydrogen-bond acceptors (Lipinski definition) is 4. The molecule has 1 rings (SSSR count). The summed E-state index contributed by atoms with van der Waals surface area (Å²) in [5.74, 6) is -0.0613. The monoisotopic (exact) mass is 341 g/mol. The number of rotatable bonds is 7. The fraction of sp³-hybridized carbons (Fsp3) is 0.562. The number of hydrogen-bond donors (Lipinski definition) is 2. The predicted octanol–water partition coefficient (Wildman–Crippen LogP) is 1.63. The Morgan fingerprint density at radius 1 is 1.39 bits per heavy atom. The molecule has 0 heterocycles. The van der Waals surface area contributed by atoms with Crippen molar-refractivity contribution < 1.29 is 13.2 Å². The maximum atomic E-state index is 12.1. The Labute approximate surface area is 139 Å². The molecule has 0 radical (unpaired) electrons. The highest BCUT2D eigenvalue weighted by Crippen LogP contribution is 2.21. The summed E-state index contributed by atoms with van der Waals surface area (Å²) in [5, 5.41) is 8.14. The van der Waals surface area contributed by atoms with Crippen LogP contribution in [0.3, 0.4) is 0 Å². The minimum atomic E-state index is -3.73. The van der Waals surface area contributed by atoms with E-state index < -0.39 is 10.0 Å². The number of benzene rings is 1. The van der Waals surface area contributed by atoms with E-state index in [1.807, 2.05) is 45.7 Å². The zero-order valence-electron chi connectivity index (χ0n) is 14.5. The molecule has 0 saturated carbocycles. The molecule has 0 aliphatic heterocycles. The largest absolute Gasteiger partial charge is 0.350 e. The topological polar surface area (TPSA) is 92.5 Å². The van der Waals surface area contributed by atoms with Crippen molar-refractivity contribution >= 4 is 15.9 Å². The summed E-state index contributed by atoms with van der Waals surface area (Å²) in [6.45, 7) is 8.11. The molecule has 0 bridgehead atoms. The molecule has 0 fully saturated rings. The van der Waals surface area contributed by atoms with Gasteiger partial charge in [-0.15, -0.1) is 0 Å². The maximum Gasteiger partial charge on any atom is 0.238 e. The van der Waals surface area contributed by atoms with Crippen molar-refractivity contribution in [3.8, 4) is 0 Å². The van der Waals surface area contributed by atoms with Crippen molar-refractivity contribution in [3.05, 3.63) is 29.8 Å². The van der Waals surface area contributed by atoms with Crippen molar-refractivity contribution in [2.45, 2.75) is 50.6 Å². The lowest BCUT2D eigenvalue weighted by atomic mass is 10.0. The molecule has 0 aliphatic carbocycles. The van der Waals surface area contributed by atoms with E-state index in [0.29, 0.717) is 0 Å². The second-order valence-electron chi connectivity index (χ2n) is 6.49. The normalized spacial score (nSPS) is 13.9. The van der Waals surface area contributed by atoms with Crippen molar-refractivity contribution in [2.75, 3.05) is 13.6 Å². The SMILES string of the molecule is CCC(C)(C)NC(=O)CN(C)[C@@H](C)c1cccc(S(N)(=O)=O)c1. The molecule has 1 atom stereocenters. The Balaban J connectivity index is 2.81. The van der Waals surface area contributed by atoms with Gasteiger partial charge in [0.1, 0.15) is 0 Å². The van der Waals surface area contributed by atoms with Gasteiger partial charge >= 0.3 is 0 Å². The third-order valence-electron chi connectivity index (χ3n) is 4.08. The van der Waals surface area contributed by atoms with Gasteiger partial charge in [0.2, 0.25) is 15.9 Å². The van der Waals surface area contributed by atoms with Crippen molar-refractivity contribution in [3.63, 3.8) is 0 Å². The molecule has 6 nitrogen and oxygen atoms in total. The summed E-state index contributed by atoms with van der Waals surface area (Å²) in [6, 6.07) is 6.36. The lowest BCUT2D eigenvalue weighted by Gasteiger charge is -2.29. The van der Waals surface area contributed by atoms with Gasteiger partial charge in [-0.1, -0.05) is 19.1 Å². The lowest BCUT2D eigenvalue weighted by molar-refractivity contribution is -0.124. The third kappa shape index (κ3) is 5.93. The van der Waals surface area contributed by atoms with E-state index in [-0.39, 0.29) is 28.9 Å². The standard InChI is InChI=1S/C16H27N3O3S/c1-6-16(3,4)18-15(20)11-19(5)12(2)13-8-7-9-14(10-13)23(17,21)22/h7-10,12H,6,11H2,1-5H3,(H,18,20)(H2,17,21,22)/t12-/m0/s1. The minimum absolute atomic E-state index is 0.0613. The van der Waals surface area contributed by atoms with E-state index in [9.17, 15) is 13.2 Å². The first-order valence-corrected chi connectivity index (χ1v) is 9.15. The smallest absolute Gasteiger partial charge is 0.238 e. The number of likely N-dealkylation sites (N-methyl/N-ethyl adjacent to an activating group) is 1. The average molecular weight is 341 g/mol. The van der Waals surface area contributed by atoms with Crippen LogP contribution in [0.2, 0.25) is 0 Å². The van der Waals surface area contributed by atoms with E-state index in [0.717, 1.165) is 12.0 Å². The second kappa shape index (κ2) is 7.42. The number of nitrogens with two attached hydrogens (primary N) is 1. The van der Waals surface area contributed by atoms with E-state index in [1.165, 1.54) is 6.07 Å². The molecule has 3 N–H and O–H groups in total. The molecule has 130 valence electrons. The molecule has 1 amide bonds. The molecular weight excluding hydrogens is 314 g/mol. The van der Waals surface area contributed by atoms with Crippen LogP contribution in [-0.2, 0) is 14.8 Å². The fourth-order valence-electron chi connectivity index (χ4n) is 2.07.